The molecule has 3 amide bonds. The fourth-order valence-electron chi connectivity index (χ4n) is 1.94. The van der Waals surface area contributed by atoms with Crippen LogP contribution in [0.4, 0.5) is 0 Å². The Kier molecular flexibility index (Phi) is 4.30. The predicted molar refractivity (Wildman–Crippen MR) is 73.8 cm³/mol. The first-order valence-corrected chi connectivity index (χ1v) is 6.28. The normalized spacial score (nSPS) is 17.4. The van der Waals surface area contributed by atoms with E-state index in [0.717, 1.165) is 4.90 Å². The van der Waals surface area contributed by atoms with Crippen LogP contribution < -0.4 is 11.1 Å². The molecule has 1 fully saturated rings. The van der Waals surface area contributed by atoms with Gasteiger partial charge in [-0.05, 0) is 6.07 Å². The lowest BCUT2D eigenvalue weighted by molar-refractivity contribution is -0.137. The number of likely N-dealkylation sites (tertiary alicyclic amines) is 1. The molecule has 108 valence electrons. The average Bonchev–Trinajstić information content (AvgIpc) is 2.72. The summed E-state index contributed by atoms with van der Waals surface area (Å²) in [5.74, 6) is 4.18. The predicted octanol–water partition coefficient (Wildman–Crippen LogP) is -1.12. The highest BCUT2D eigenvalue weighted by molar-refractivity contribution is 6.08. The highest BCUT2D eigenvalue weighted by atomic mass is 16.2. The number of amides is 3. The Morgan fingerprint density at radius 3 is 2.95 bits per heavy atom. The third kappa shape index (κ3) is 3.07. The zero-order valence-corrected chi connectivity index (χ0v) is 11.4. The zero-order chi connectivity index (χ0) is 15.4. The van der Waals surface area contributed by atoms with E-state index in [2.05, 4.69) is 22.1 Å². The van der Waals surface area contributed by atoms with Crippen molar-refractivity contribution in [2.24, 2.45) is 5.73 Å². The van der Waals surface area contributed by atoms with Crippen molar-refractivity contribution in [2.75, 3.05) is 13.6 Å². The number of likely N-dealkylation sites (N-methyl/N-ethyl adjacent to an activating group) is 1. The van der Waals surface area contributed by atoms with Crippen molar-refractivity contribution in [3.63, 3.8) is 0 Å². The van der Waals surface area contributed by atoms with E-state index in [1.54, 1.807) is 0 Å². The van der Waals surface area contributed by atoms with Gasteiger partial charge in [-0.25, -0.2) is 0 Å². The van der Waals surface area contributed by atoms with Gasteiger partial charge in [-0.2, -0.15) is 0 Å². The van der Waals surface area contributed by atoms with Crippen LogP contribution >= 0.6 is 0 Å². The van der Waals surface area contributed by atoms with Crippen molar-refractivity contribution in [1.82, 2.24) is 15.2 Å². The summed E-state index contributed by atoms with van der Waals surface area (Å²) in [5, 5.41) is 2.54. The van der Waals surface area contributed by atoms with Gasteiger partial charge in [0, 0.05) is 19.4 Å². The van der Waals surface area contributed by atoms with Gasteiger partial charge in [0.25, 0.3) is 11.8 Å². The van der Waals surface area contributed by atoms with Crippen LogP contribution in [-0.4, -0.2) is 47.2 Å². The van der Waals surface area contributed by atoms with Gasteiger partial charge in [0.05, 0.1) is 24.1 Å². The summed E-state index contributed by atoms with van der Waals surface area (Å²) in [7, 11) is 1.39. The number of imide groups is 1. The molecular formula is C14H14N4O3. The summed E-state index contributed by atoms with van der Waals surface area (Å²) >= 11 is 0. The largest absolute Gasteiger partial charge is 0.340 e. The zero-order valence-electron chi connectivity index (χ0n) is 11.4. The molecule has 7 nitrogen and oxygen atoms in total. The van der Waals surface area contributed by atoms with Crippen LogP contribution in [0.15, 0.2) is 18.5 Å². The first kappa shape index (κ1) is 14.7. The molecule has 1 aliphatic rings. The van der Waals surface area contributed by atoms with E-state index in [-0.39, 0.29) is 18.9 Å². The summed E-state index contributed by atoms with van der Waals surface area (Å²) in [4.78, 5) is 40.3. The molecule has 1 saturated heterocycles. The highest BCUT2D eigenvalue weighted by Gasteiger charge is 2.37. The van der Waals surface area contributed by atoms with Crippen LogP contribution in [0.3, 0.4) is 0 Å². The number of carbonyl (C=O) groups is 3. The Morgan fingerprint density at radius 1 is 1.57 bits per heavy atom. The van der Waals surface area contributed by atoms with Crippen molar-refractivity contribution in [1.29, 1.82) is 0 Å². The molecule has 0 saturated carbocycles. The first-order chi connectivity index (χ1) is 10.0. The summed E-state index contributed by atoms with van der Waals surface area (Å²) in [5.41, 5.74) is 6.02. The summed E-state index contributed by atoms with van der Waals surface area (Å²) in [6.45, 7) is 0.163. The van der Waals surface area contributed by atoms with Crippen LogP contribution in [0.25, 0.3) is 0 Å². The average molecular weight is 286 g/mol. The Balaban J connectivity index is 2.18. The van der Waals surface area contributed by atoms with E-state index in [1.165, 1.54) is 25.5 Å². The van der Waals surface area contributed by atoms with Crippen molar-refractivity contribution < 1.29 is 14.4 Å². The summed E-state index contributed by atoms with van der Waals surface area (Å²) in [6.07, 6.45) is 2.87. The van der Waals surface area contributed by atoms with E-state index < -0.39 is 17.9 Å². The Bertz CT molecular complexity index is 660. The van der Waals surface area contributed by atoms with Gasteiger partial charge < -0.3 is 11.1 Å². The second kappa shape index (κ2) is 6.15. The Morgan fingerprint density at radius 2 is 2.33 bits per heavy atom. The number of nitrogens with zero attached hydrogens (tertiary/aromatic N) is 2. The van der Waals surface area contributed by atoms with Gasteiger partial charge >= 0.3 is 0 Å². The molecule has 0 radical (unpaired) electrons. The molecule has 3 N–H and O–H groups in total. The molecule has 2 rings (SSSR count). The van der Waals surface area contributed by atoms with Crippen LogP contribution in [0, 0.1) is 11.8 Å². The highest BCUT2D eigenvalue weighted by Crippen LogP contribution is 2.12. The first-order valence-electron chi connectivity index (χ1n) is 6.28. The minimum Gasteiger partial charge on any atom is -0.340 e. The molecule has 21 heavy (non-hydrogen) atoms. The number of hydrogen-bond donors (Lipinski definition) is 2. The van der Waals surface area contributed by atoms with Crippen LogP contribution in [0.2, 0.25) is 0 Å². The number of nitrogens with two attached hydrogens (primary N) is 1. The van der Waals surface area contributed by atoms with Gasteiger partial charge in [0.15, 0.2) is 0 Å². The van der Waals surface area contributed by atoms with E-state index >= 15 is 0 Å². The summed E-state index contributed by atoms with van der Waals surface area (Å²) < 4.78 is 0. The molecule has 1 aliphatic heterocycles. The molecule has 0 aromatic carbocycles. The topological polar surface area (TPSA) is 105 Å². The molecule has 0 spiro atoms. The smallest absolute Gasteiger partial charge is 0.253 e. The second-order valence-electron chi connectivity index (χ2n) is 4.45. The third-order valence-electron chi connectivity index (χ3n) is 3.08. The fraction of sp³-hybridized carbons (Fsp3) is 0.286. The molecule has 1 aromatic heterocycles. The molecule has 2 heterocycles. The maximum Gasteiger partial charge on any atom is 0.253 e. The second-order valence-corrected chi connectivity index (χ2v) is 4.45. The van der Waals surface area contributed by atoms with Crippen molar-refractivity contribution in [3.8, 4) is 11.8 Å². The quantitative estimate of drug-likeness (QED) is 0.529. The number of hydrogen-bond acceptors (Lipinski definition) is 5. The summed E-state index contributed by atoms with van der Waals surface area (Å²) in [6, 6.07) is 0.666. The van der Waals surface area contributed by atoms with Gasteiger partial charge in [-0.15, -0.1) is 0 Å². The van der Waals surface area contributed by atoms with Crippen molar-refractivity contribution in [3.05, 3.63) is 29.6 Å². The SMILES string of the molecule is CN1C(=O)CC(NC(=O)c2ccncc2C#CCN)C1=O. The fourth-order valence-corrected chi connectivity index (χ4v) is 1.94. The van der Waals surface area contributed by atoms with Gasteiger partial charge in [0.2, 0.25) is 5.91 Å². The van der Waals surface area contributed by atoms with E-state index in [4.69, 9.17) is 5.73 Å². The van der Waals surface area contributed by atoms with Crippen LogP contribution in [0.1, 0.15) is 22.3 Å². The third-order valence-corrected chi connectivity index (χ3v) is 3.08. The lowest BCUT2D eigenvalue weighted by atomic mass is 10.1. The van der Waals surface area contributed by atoms with E-state index in [9.17, 15) is 14.4 Å². The number of rotatable bonds is 2. The number of carbonyl (C=O) groups excluding carboxylic acids is 3. The van der Waals surface area contributed by atoms with Crippen LogP contribution in [0.5, 0.6) is 0 Å². The monoisotopic (exact) mass is 286 g/mol. The molecule has 1 unspecified atom stereocenters. The minimum atomic E-state index is -0.835. The van der Waals surface area contributed by atoms with E-state index in [0.29, 0.717) is 11.1 Å². The van der Waals surface area contributed by atoms with E-state index in [1.807, 2.05) is 0 Å². The maximum absolute atomic E-state index is 12.2. The maximum atomic E-state index is 12.2. The number of nitrogens with one attached hydrogen (secondary N) is 1. The molecular weight excluding hydrogens is 272 g/mol. The lowest BCUT2D eigenvalue weighted by Crippen LogP contribution is -2.40. The number of aromatic nitrogens is 1. The molecule has 0 bridgehead atoms. The number of pyridine rings is 1. The van der Waals surface area contributed by atoms with Gasteiger partial charge in [-0.3, -0.25) is 24.3 Å². The Hall–Kier alpha value is -2.72. The lowest BCUT2D eigenvalue weighted by Gasteiger charge is -2.11. The minimum absolute atomic E-state index is 0.0318. The van der Waals surface area contributed by atoms with Gasteiger partial charge in [-0.1, -0.05) is 11.8 Å². The molecule has 1 aromatic rings. The standard InChI is InChI=1S/C14H14N4O3/c1-18-12(19)7-11(14(18)21)17-13(20)10-4-6-16-8-9(10)3-2-5-15/h4,6,8,11H,5,7,15H2,1H3,(H,17,20). The Labute approximate surface area is 121 Å². The van der Waals surface area contributed by atoms with Crippen molar-refractivity contribution >= 4 is 17.7 Å². The molecule has 1 atom stereocenters. The van der Waals surface area contributed by atoms with Crippen molar-refractivity contribution in [2.45, 2.75) is 12.5 Å². The molecule has 7 heteroatoms. The van der Waals surface area contributed by atoms with Gasteiger partial charge in [0.1, 0.15) is 6.04 Å². The molecule has 0 aliphatic carbocycles. The van der Waals surface area contributed by atoms with Crippen LogP contribution in [-0.2, 0) is 9.59 Å².